The van der Waals surface area contributed by atoms with Crippen LogP contribution in [0, 0.1) is 0 Å². The monoisotopic (exact) mass is 337 g/mol. The Kier molecular flexibility index (Phi) is 4.49. The molecule has 0 aliphatic heterocycles. The molecule has 1 aromatic heterocycles. The second-order valence-corrected chi connectivity index (χ2v) is 6.07. The maximum atomic E-state index is 12.3. The van der Waals surface area contributed by atoms with E-state index in [0.717, 1.165) is 30.5 Å². The lowest BCUT2D eigenvalue weighted by Crippen LogP contribution is -2.42. The van der Waals surface area contributed by atoms with E-state index in [4.69, 9.17) is 0 Å². The molecule has 128 valence electrons. The third-order valence-corrected chi connectivity index (χ3v) is 4.80. The predicted octanol–water partition coefficient (Wildman–Crippen LogP) is 4.18. The highest BCUT2D eigenvalue weighted by atomic mass is 19.4. The van der Waals surface area contributed by atoms with Crippen molar-refractivity contribution >= 4 is 0 Å². The van der Waals surface area contributed by atoms with Crippen LogP contribution in [-0.4, -0.2) is 23.1 Å². The van der Waals surface area contributed by atoms with Crippen LogP contribution < -0.4 is 4.74 Å². The van der Waals surface area contributed by atoms with Gasteiger partial charge in [0.2, 0.25) is 0 Å². The Bertz CT molecular complexity index is 667. The molecule has 1 aliphatic rings. The van der Waals surface area contributed by atoms with E-state index in [1.165, 1.54) is 12.1 Å². The largest absolute Gasteiger partial charge is 0.573 e. The molecule has 1 atom stereocenters. The zero-order chi connectivity index (χ0) is 17.2. The van der Waals surface area contributed by atoms with Crippen molar-refractivity contribution in [2.75, 3.05) is 6.61 Å². The fourth-order valence-electron chi connectivity index (χ4n) is 3.52. The molecule has 1 heterocycles. The summed E-state index contributed by atoms with van der Waals surface area (Å²) in [5.74, 6) is -0.416. The minimum atomic E-state index is -4.70. The van der Waals surface area contributed by atoms with Gasteiger partial charge in [0.1, 0.15) is 5.75 Å². The average molecular weight is 337 g/mol. The number of aliphatic hydroxyl groups is 1. The molecule has 1 unspecified atom stereocenters. The van der Waals surface area contributed by atoms with Gasteiger partial charge in [-0.1, -0.05) is 24.6 Å². The van der Waals surface area contributed by atoms with Gasteiger partial charge in [0.05, 0.1) is 6.61 Å². The summed E-state index contributed by atoms with van der Waals surface area (Å²) in [5.41, 5.74) is 1.42. The molecule has 0 radical (unpaired) electrons. The van der Waals surface area contributed by atoms with Gasteiger partial charge in [0.25, 0.3) is 0 Å². The van der Waals surface area contributed by atoms with Gasteiger partial charge in [-0.25, -0.2) is 0 Å². The Hall–Kier alpha value is -2.08. The highest BCUT2D eigenvalue weighted by Gasteiger charge is 2.46. The molecule has 1 fully saturated rings. The first-order valence-corrected chi connectivity index (χ1v) is 7.83. The fourth-order valence-corrected chi connectivity index (χ4v) is 3.52. The Balaban J connectivity index is 1.90. The lowest BCUT2D eigenvalue weighted by molar-refractivity contribution is -0.274. The molecule has 1 N–H and O–H groups in total. The molecule has 24 heavy (non-hydrogen) atoms. The lowest BCUT2D eigenvalue weighted by atomic mass is 9.57. The van der Waals surface area contributed by atoms with Crippen molar-refractivity contribution in [3.05, 3.63) is 59.9 Å². The summed E-state index contributed by atoms with van der Waals surface area (Å²) in [6, 6.07) is 11.5. The lowest BCUT2D eigenvalue weighted by Gasteiger charge is -2.47. The van der Waals surface area contributed by atoms with E-state index in [0.29, 0.717) is 0 Å². The van der Waals surface area contributed by atoms with Gasteiger partial charge in [-0.3, -0.25) is 4.98 Å². The van der Waals surface area contributed by atoms with Gasteiger partial charge < -0.3 is 9.84 Å². The first-order valence-electron chi connectivity index (χ1n) is 7.83. The fraction of sp³-hybridized carbons (Fsp3) is 0.389. The van der Waals surface area contributed by atoms with E-state index in [1.54, 1.807) is 18.3 Å². The van der Waals surface area contributed by atoms with Crippen LogP contribution in [0.25, 0.3) is 0 Å². The van der Waals surface area contributed by atoms with Crippen molar-refractivity contribution in [1.82, 2.24) is 4.98 Å². The number of hydrogen-bond donors (Lipinski definition) is 1. The van der Waals surface area contributed by atoms with Crippen LogP contribution in [-0.2, 0) is 5.41 Å². The minimum absolute atomic E-state index is 0.0577. The molecule has 3 nitrogen and oxygen atoms in total. The minimum Gasteiger partial charge on any atom is -0.406 e. The van der Waals surface area contributed by atoms with Crippen LogP contribution in [0.15, 0.2) is 48.7 Å². The maximum absolute atomic E-state index is 12.3. The number of benzene rings is 1. The van der Waals surface area contributed by atoms with Crippen LogP contribution >= 0.6 is 0 Å². The number of aromatic nitrogens is 1. The summed E-state index contributed by atoms with van der Waals surface area (Å²) in [5, 5.41) is 9.94. The van der Waals surface area contributed by atoms with E-state index >= 15 is 0 Å². The number of hydrogen-bond acceptors (Lipinski definition) is 3. The Labute approximate surface area is 138 Å². The van der Waals surface area contributed by atoms with Crippen molar-refractivity contribution in [2.45, 2.75) is 37.0 Å². The molecule has 0 bridgehead atoms. The van der Waals surface area contributed by atoms with Gasteiger partial charge in [-0.15, -0.1) is 13.2 Å². The summed E-state index contributed by atoms with van der Waals surface area (Å²) < 4.78 is 40.8. The quantitative estimate of drug-likeness (QED) is 0.890. The zero-order valence-corrected chi connectivity index (χ0v) is 13.0. The van der Waals surface area contributed by atoms with Crippen molar-refractivity contribution in [3.63, 3.8) is 0 Å². The van der Waals surface area contributed by atoms with Crippen LogP contribution in [0.3, 0.4) is 0 Å². The Morgan fingerprint density at radius 2 is 1.83 bits per heavy atom. The molecule has 0 amide bonds. The summed E-state index contributed by atoms with van der Waals surface area (Å²) >= 11 is 0. The van der Waals surface area contributed by atoms with E-state index in [2.05, 4.69) is 9.72 Å². The molecule has 2 aromatic rings. The topological polar surface area (TPSA) is 42.4 Å². The summed E-state index contributed by atoms with van der Waals surface area (Å²) in [6.07, 6.45) is -0.255. The Morgan fingerprint density at radius 1 is 1.12 bits per heavy atom. The number of ether oxygens (including phenoxy) is 1. The molecular weight excluding hydrogens is 319 g/mol. The van der Waals surface area contributed by atoms with Crippen LogP contribution in [0.1, 0.15) is 36.4 Å². The van der Waals surface area contributed by atoms with Gasteiger partial charge >= 0.3 is 6.36 Å². The molecule has 3 rings (SSSR count). The van der Waals surface area contributed by atoms with E-state index < -0.39 is 6.36 Å². The smallest absolute Gasteiger partial charge is 0.406 e. The van der Waals surface area contributed by atoms with E-state index in [-0.39, 0.29) is 23.7 Å². The molecule has 0 saturated heterocycles. The van der Waals surface area contributed by atoms with Gasteiger partial charge in [0, 0.05) is 23.2 Å². The van der Waals surface area contributed by atoms with Crippen molar-refractivity contribution in [3.8, 4) is 5.75 Å². The van der Waals surface area contributed by atoms with Crippen molar-refractivity contribution in [2.24, 2.45) is 0 Å². The molecule has 1 aliphatic carbocycles. The first-order chi connectivity index (χ1) is 11.4. The number of rotatable bonds is 5. The third kappa shape index (κ3) is 3.24. The SMILES string of the molecule is OCC(c1ccccn1)C1(c2ccc(OC(F)(F)F)cc2)CCC1. The number of halogens is 3. The standard InChI is InChI=1S/C18H18F3NO2/c19-18(20,21)24-14-7-5-13(6-8-14)17(9-3-10-17)15(12-23)16-4-1-2-11-22-16/h1-2,4-8,11,15,23H,3,9-10,12H2. The molecule has 1 aromatic carbocycles. The van der Waals surface area contributed by atoms with Crippen LogP contribution in [0.2, 0.25) is 0 Å². The highest BCUT2D eigenvalue weighted by molar-refractivity contribution is 5.38. The summed E-state index contributed by atoms with van der Waals surface area (Å²) in [6.45, 7) is -0.0577. The number of nitrogens with zero attached hydrogens (tertiary/aromatic N) is 1. The highest BCUT2D eigenvalue weighted by Crippen LogP contribution is 2.53. The Morgan fingerprint density at radius 3 is 2.29 bits per heavy atom. The van der Waals surface area contributed by atoms with Crippen LogP contribution in [0.5, 0.6) is 5.75 Å². The van der Waals surface area contributed by atoms with Gasteiger partial charge in [-0.05, 0) is 42.7 Å². The zero-order valence-electron chi connectivity index (χ0n) is 13.0. The van der Waals surface area contributed by atoms with E-state index in [1.807, 2.05) is 18.2 Å². The molecular formula is C18H18F3NO2. The van der Waals surface area contributed by atoms with Crippen LogP contribution in [0.4, 0.5) is 13.2 Å². The summed E-state index contributed by atoms with van der Waals surface area (Å²) in [7, 11) is 0. The predicted molar refractivity (Wildman–Crippen MR) is 82.7 cm³/mol. The van der Waals surface area contributed by atoms with Gasteiger partial charge in [0.15, 0.2) is 0 Å². The second kappa shape index (κ2) is 6.43. The molecule has 6 heteroatoms. The maximum Gasteiger partial charge on any atom is 0.573 e. The second-order valence-electron chi connectivity index (χ2n) is 6.07. The average Bonchev–Trinajstić information content (AvgIpc) is 2.51. The van der Waals surface area contributed by atoms with Crippen molar-refractivity contribution < 1.29 is 23.0 Å². The first kappa shape index (κ1) is 16.8. The third-order valence-electron chi connectivity index (χ3n) is 4.80. The van der Waals surface area contributed by atoms with E-state index in [9.17, 15) is 18.3 Å². The normalized spacial score (nSPS) is 17.8. The summed E-state index contributed by atoms with van der Waals surface area (Å²) in [4.78, 5) is 4.36. The van der Waals surface area contributed by atoms with Gasteiger partial charge in [-0.2, -0.15) is 0 Å². The molecule has 0 spiro atoms. The number of alkyl halides is 3. The molecule has 1 saturated carbocycles. The number of pyridine rings is 1. The van der Waals surface area contributed by atoms with Crippen molar-refractivity contribution in [1.29, 1.82) is 0 Å². The number of aliphatic hydroxyl groups excluding tert-OH is 1.